The van der Waals surface area contributed by atoms with Gasteiger partial charge in [-0.15, -0.1) is 0 Å². The first-order valence-electron chi connectivity index (χ1n) is 7.45. The van der Waals surface area contributed by atoms with E-state index in [-0.39, 0.29) is 11.4 Å². The Hall–Kier alpha value is -1.89. The summed E-state index contributed by atoms with van der Waals surface area (Å²) in [4.78, 5) is 6.59. The molecule has 0 atom stereocenters. The Morgan fingerprint density at radius 2 is 1.75 bits per heavy atom. The van der Waals surface area contributed by atoms with Crippen LogP contribution in [-0.2, 0) is 10.0 Å². The maximum atomic E-state index is 12.2. The van der Waals surface area contributed by atoms with Crippen LogP contribution in [0.25, 0.3) is 0 Å². The largest absolute Gasteiger partial charge is 0.362 e. The van der Waals surface area contributed by atoms with Crippen molar-refractivity contribution in [2.45, 2.75) is 11.8 Å². The highest BCUT2D eigenvalue weighted by atomic mass is 35.5. The Balaban J connectivity index is 1.91. The van der Waals surface area contributed by atoms with E-state index in [4.69, 9.17) is 11.6 Å². The monoisotopic (exact) mass is 365 g/mol. The molecule has 0 aliphatic heterocycles. The second kappa shape index (κ2) is 8.28. The summed E-state index contributed by atoms with van der Waals surface area (Å²) in [5, 5.41) is 0.501. The molecule has 0 heterocycles. The van der Waals surface area contributed by atoms with Crippen molar-refractivity contribution in [2.75, 3.05) is 20.1 Å². The SMILES string of the molecule is CC(=Nc1ccccc1)N(C)CCNS(=O)(=O)c1ccc(Cl)cc1. The van der Waals surface area contributed by atoms with Crippen LogP contribution in [0, 0.1) is 0 Å². The molecule has 2 aromatic rings. The van der Waals surface area contributed by atoms with Gasteiger partial charge in [0.1, 0.15) is 5.84 Å². The smallest absolute Gasteiger partial charge is 0.240 e. The average Bonchev–Trinajstić information content (AvgIpc) is 2.56. The van der Waals surface area contributed by atoms with E-state index in [2.05, 4.69) is 9.71 Å². The van der Waals surface area contributed by atoms with Crippen LogP contribution in [0.4, 0.5) is 5.69 Å². The van der Waals surface area contributed by atoms with Crippen LogP contribution >= 0.6 is 11.6 Å². The fourth-order valence-electron chi connectivity index (χ4n) is 1.98. The second-order valence-corrected chi connectivity index (χ2v) is 7.47. The first-order chi connectivity index (χ1) is 11.4. The zero-order valence-electron chi connectivity index (χ0n) is 13.6. The van der Waals surface area contributed by atoms with Crippen LogP contribution in [0.5, 0.6) is 0 Å². The average molecular weight is 366 g/mol. The van der Waals surface area contributed by atoms with E-state index in [0.29, 0.717) is 11.6 Å². The van der Waals surface area contributed by atoms with Crippen LogP contribution in [0.2, 0.25) is 5.02 Å². The third-order valence-corrected chi connectivity index (χ3v) is 5.19. The van der Waals surface area contributed by atoms with Gasteiger partial charge >= 0.3 is 0 Å². The van der Waals surface area contributed by atoms with Crippen LogP contribution < -0.4 is 4.72 Å². The van der Waals surface area contributed by atoms with Gasteiger partial charge in [0, 0.05) is 25.2 Å². The Morgan fingerprint density at radius 1 is 1.12 bits per heavy atom. The molecule has 0 saturated carbocycles. The lowest BCUT2D eigenvalue weighted by Gasteiger charge is -2.19. The molecule has 24 heavy (non-hydrogen) atoms. The van der Waals surface area contributed by atoms with Gasteiger partial charge in [0.25, 0.3) is 0 Å². The summed E-state index contributed by atoms with van der Waals surface area (Å²) in [6.07, 6.45) is 0. The topological polar surface area (TPSA) is 61.8 Å². The van der Waals surface area contributed by atoms with Crippen molar-refractivity contribution in [3.63, 3.8) is 0 Å². The standard InChI is InChI=1S/C17H20ClN3O2S/c1-14(20-16-6-4-3-5-7-16)21(2)13-12-19-24(22,23)17-10-8-15(18)9-11-17/h3-11,19H,12-13H2,1-2H3. The second-order valence-electron chi connectivity index (χ2n) is 5.27. The summed E-state index contributed by atoms with van der Waals surface area (Å²) in [7, 11) is -1.66. The predicted octanol–water partition coefficient (Wildman–Crippen LogP) is 3.30. The number of rotatable bonds is 6. The van der Waals surface area contributed by atoms with Crippen LogP contribution in [0.3, 0.4) is 0 Å². The van der Waals surface area contributed by atoms with Gasteiger partial charge in [-0.25, -0.2) is 18.1 Å². The highest BCUT2D eigenvalue weighted by Crippen LogP contribution is 2.14. The molecule has 128 valence electrons. The van der Waals surface area contributed by atoms with Crippen molar-refractivity contribution in [1.29, 1.82) is 0 Å². The number of hydrogen-bond donors (Lipinski definition) is 1. The van der Waals surface area contributed by atoms with Crippen molar-refractivity contribution < 1.29 is 8.42 Å². The fraction of sp³-hybridized carbons (Fsp3) is 0.235. The number of likely N-dealkylation sites (N-methyl/N-ethyl adjacent to an activating group) is 1. The minimum atomic E-state index is -3.53. The first kappa shape index (κ1) is 18.4. The van der Waals surface area contributed by atoms with Gasteiger partial charge < -0.3 is 4.90 Å². The molecular formula is C17H20ClN3O2S. The minimum Gasteiger partial charge on any atom is -0.362 e. The molecule has 5 nitrogen and oxygen atoms in total. The molecule has 7 heteroatoms. The number of nitrogens with one attached hydrogen (secondary N) is 1. The van der Waals surface area contributed by atoms with Gasteiger partial charge in [-0.05, 0) is 43.3 Å². The Labute approximate surface area is 148 Å². The van der Waals surface area contributed by atoms with E-state index in [1.165, 1.54) is 12.1 Å². The molecular weight excluding hydrogens is 346 g/mol. The Kier molecular flexibility index (Phi) is 6.36. The summed E-state index contributed by atoms with van der Waals surface area (Å²) in [5.41, 5.74) is 0.864. The lowest BCUT2D eigenvalue weighted by atomic mass is 10.3. The molecule has 0 aliphatic carbocycles. The minimum absolute atomic E-state index is 0.198. The summed E-state index contributed by atoms with van der Waals surface area (Å²) in [6.45, 7) is 2.68. The number of benzene rings is 2. The van der Waals surface area contributed by atoms with Gasteiger partial charge in [-0.1, -0.05) is 29.8 Å². The van der Waals surface area contributed by atoms with Gasteiger partial charge in [0.05, 0.1) is 10.6 Å². The Morgan fingerprint density at radius 3 is 2.38 bits per heavy atom. The number of hydrogen-bond acceptors (Lipinski definition) is 3. The maximum Gasteiger partial charge on any atom is 0.240 e. The highest BCUT2D eigenvalue weighted by Gasteiger charge is 2.13. The molecule has 0 radical (unpaired) electrons. The molecule has 0 bridgehead atoms. The van der Waals surface area contributed by atoms with Crippen LogP contribution in [-0.4, -0.2) is 39.3 Å². The summed E-state index contributed by atoms with van der Waals surface area (Å²) < 4.78 is 26.9. The summed E-state index contributed by atoms with van der Waals surface area (Å²) in [5.74, 6) is 0.812. The predicted molar refractivity (Wildman–Crippen MR) is 98.5 cm³/mol. The van der Waals surface area contributed by atoms with Gasteiger partial charge in [-0.2, -0.15) is 0 Å². The number of aliphatic imine (C=N–C) groups is 1. The number of amidine groups is 1. The normalized spacial score (nSPS) is 12.2. The molecule has 0 aliphatic rings. The van der Waals surface area contributed by atoms with Gasteiger partial charge in [0.15, 0.2) is 0 Å². The molecule has 2 aromatic carbocycles. The molecule has 0 spiro atoms. The van der Waals surface area contributed by atoms with E-state index in [1.54, 1.807) is 12.1 Å². The van der Waals surface area contributed by atoms with E-state index < -0.39 is 10.0 Å². The lowest BCUT2D eigenvalue weighted by Crippen LogP contribution is -2.35. The van der Waals surface area contributed by atoms with Crippen LogP contribution in [0.1, 0.15) is 6.92 Å². The molecule has 0 aromatic heterocycles. The number of nitrogens with zero attached hydrogens (tertiary/aromatic N) is 2. The third kappa shape index (κ3) is 5.33. The first-order valence-corrected chi connectivity index (χ1v) is 9.31. The highest BCUT2D eigenvalue weighted by molar-refractivity contribution is 7.89. The number of para-hydroxylation sites is 1. The van der Waals surface area contributed by atoms with Gasteiger partial charge in [0.2, 0.25) is 10.0 Å². The summed E-state index contributed by atoms with van der Waals surface area (Å²) >= 11 is 5.77. The summed E-state index contributed by atoms with van der Waals surface area (Å²) in [6, 6.07) is 15.7. The van der Waals surface area contributed by atoms with Crippen molar-refractivity contribution in [2.24, 2.45) is 4.99 Å². The van der Waals surface area contributed by atoms with Crippen molar-refractivity contribution >= 4 is 33.1 Å². The number of halogens is 1. The van der Waals surface area contributed by atoms with E-state index >= 15 is 0 Å². The fourth-order valence-corrected chi connectivity index (χ4v) is 3.13. The molecule has 0 saturated heterocycles. The van der Waals surface area contributed by atoms with E-state index in [9.17, 15) is 8.42 Å². The third-order valence-electron chi connectivity index (χ3n) is 3.46. The maximum absolute atomic E-state index is 12.2. The van der Waals surface area contributed by atoms with E-state index in [0.717, 1.165) is 11.5 Å². The van der Waals surface area contributed by atoms with Gasteiger partial charge in [-0.3, -0.25) is 0 Å². The Bertz CT molecular complexity index is 790. The molecule has 0 amide bonds. The quantitative estimate of drug-likeness (QED) is 0.631. The van der Waals surface area contributed by atoms with Crippen molar-refractivity contribution in [1.82, 2.24) is 9.62 Å². The van der Waals surface area contributed by atoms with E-state index in [1.807, 2.05) is 49.2 Å². The molecule has 1 N–H and O–H groups in total. The molecule has 0 fully saturated rings. The van der Waals surface area contributed by atoms with Crippen molar-refractivity contribution in [3.05, 3.63) is 59.6 Å². The van der Waals surface area contributed by atoms with Crippen LogP contribution in [0.15, 0.2) is 64.5 Å². The number of sulfonamides is 1. The molecule has 2 rings (SSSR count). The zero-order chi connectivity index (χ0) is 17.6. The van der Waals surface area contributed by atoms with Crippen molar-refractivity contribution in [3.8, 4) is 0 Å². The molecule has 0 unspecified atom stereocenters. The lowest BCUT2D eigenvalue weighted by molar-refractivity contribution is 0.497. The zero-order valence-corrected chi connectivity index (χ0v) is 15.2.